The van der Waals surface area contributed by atoms with E-state index < -0.39 is 0 Å². The summed E-state index contributed by atoms with van der Waals surface area (Å²) < 4.78 is 5.16. The Morgan fingerprint density at radius 2 is 1.88 bits per heavy atom. The molecule has 5 heteroatoms. The fraction of sp³-hybridized carbons (Fsp3) is 0.143. The molecule has 0 fully saturated rings. The Balaban J connectivity index is 1.54. The second kappa shape index (κ2) is 8.67. The first-order valence-corrected chi connectivity index (χ1v) is 8.44. The summed E-state index contributed by atoms with van der Waals surface area (Å²) in [5.41, 5.74) is 2.45. The zero-order valence-electron chi connectivity index (χ0n) is 14.6. The molecule has 0 aliphatic carbocycles. The molecule has 5 nitrogen and oxygen atoms in total. The number of amides is 1. The van der Waals surface area contributed by atoms with Crippen molar-refractivity contribution in [3.63, 3.8) is 0 Å². The van der Waals surface area contributed by atoms with Gasteiger partial charge >= 0.3 is 0 Å². The number of aromatic nitrogens is 1. The zero-order valence-corrected chi connectivity index (χ0v) is 14.6. The second-order valence-corrected chi connectivity index (χ2v) is 5.78. The predicted octanol–water partition coefficient (Wildman–Crippen LogP) is 4.00. The van der Waals surface area contributed by atoms with Crippen LogP contribution in [0.15, 0.2) is 72.9 Å². The topological polar surface area (TPSA) is 63.2 Å². The number of nitrogens with zero attached hydrogens (tertiary/aromatic N) is 1. The zero-order chi connectivity index (χ0) is 18.2. The molecule has 0 saturated carbocycles. The van der Waals surface area contributed by atoms with Crippen LogP contribution in [-0.2, 0) is 6.42 Å². The number of carbonyl (C=O) groups excluding carboxylic acids is 1. The van der Waals surface area contributed by atoms with Crippen LogP contribution in [-0.4, -0.2) is 24.5 Å². The van der Waals surface area contributed by atoms with E-state index in [1.54, 1.807) is 25.4 Å². The van der Waals surface area contributed by atoms with Crippen LogP contribution >= 0.6 is 0 Å². The van der Waals surface area contributed by atoms with Crippen molar-refractivity contribution in [3.8, 4) is 5.75 Å². The molecule has 1 aromatic heterocycles. The highest BCUT2D eigenvalue weighted by atomic mass is 16.5. The summed E-state index contributed by atoms with van der Waals surface area (Å²) in [5, 5.41) is 6.10. The highest BCUT2D eigenvalue weighted by molar-refractivity contribution is 6.04. The van der Waals surface area contributed by atoms with E-state index in [-0.39, 0.29) is 5.91 Å². The van der Waals surface area contributed by atoms with Crippen molar-refractivity contribution in [1.29, 1.82) is 0 Å². The molecule has 132 valence electrons. The van der Waals surface area contributed by atoms with Gasteiger partial charge in [-0.25, -0.2) is 4.98 Å². The molecule has 0 aliphatic rings. The highest BCUT2D eigenvalue weighted by Crippen LogP contribution is 2.17. The fourth-order valence-corrected chi connectivity index (χ4v) is 2.52. The van der Waals surface area contributed by atoms with Gasteiger partial charge in [0.15, 0.2) is 0 Å². The highest BCUT2D eigenvalue weighted by Gasteiger charge is 2.07. The van der Waals surface area contributed by atoms with Gasteiger partial charge < -0.3 is 15.4 Å². The maximum atomic E-state index is 12.3. The molecule has 0 unspecified atom stereocenters. The number of pyridine rings is 1. The molecule has 0 bridgehead atoms. The van der Waals surface area contributed by atoms with Gasteiger partial charge in [0.1, 0.15) is 11.6 Å². The third kappa shape index (κ3) is 4.83. The van der Waals surface area contributed by atoms with Crippen molar-refractivity contribution in [2.75, 3.05) is 24.3 Å². The van der Waals surface area contributed by atoms with Gasteiger partial charge in [-0.15, -0.1) is 0 Å². The molecule has 2 N–H and O–H groups in total. The van der Waals surface area contributed by atoms with Gasteiger partial charge in [-0.05, 0) is 36.2 Å². The molecular formula is C21H21N3O2. The maximum Gasteiger partial charge on any atom is 0.257 e. The van der Waals surface area contributed by atoms with Gasteiger partial charge in [-0.1, -0.05) is 36.4 Å². The Bertz CT molecular complexity index is 849. The van der Waals surface area contributed by atoms with E-state index in [4.69, 9.17) is 4.74 Å². The Labute approximate surface area is 153 Å². The molecule has 0 atom stereocenters. The van der Waals surface area contributed by atoms with Crippen molar-refractivity contribution in [3.05, 3.63) is 84.1 Å². The molecule has 3 rings (SSSR count). The number of methoxy groups -OCH3 is 1. The Hall–Kier alpha value is -3.34. The minimum Gasteiger partial charge on any atom is -0.497 e. The summed E-state index contributed by atoms with van der Waals surface area (Å²) in [7, 11) is 1.59. The molecule has 1 heterocycles. The van der Waals surface area contributed by atoms with E-state index in [2.05, 4.69) is 27.8 Å². The second-order valence-electron chi connectivity index (χ2n) is 5.78. The fourth-order valence-electron chi connectivity index (χ4n) is 2.52. The SMILES string of the molecule is COc1cccc(NC(=O)c2ccc(NCCc3ccccc3)nc2)c1. The van der Waals surface area contributed by atoms with Crippen LogP contribution in [0.1, 0.15) is 15.9 Å². The summed E-state index contributed by atoms with van der Waals surface area (Å²) in [6, 6.07) is 21.1. The molecule has 0 saturated heterocycles. The summed E-state index contributed by atoms with van der Waals surface area (Å²) >= 11 is 0. The van der Waals surface area contributed by atoms with Gasteiger partial charge in [0.05, 0.1) is 12.7 Å². The lowest BCUT2D eigenvalue weighted by molar-refractivity contribution is 0.102. The van der Waals surface area contributed by atoms with Crippen molar-refractivity contribution >= 4 is 17.4 Å². The first-order valence-electron chi connectivity index (χ1n) is 8.44. The van der Waals surface area contributed by atoms with Crippen LogP contribution < -0.4 is 15.4 Å². The first kappa shape index (κ1) is 17.5. The molecule has 2 aromatic carbocycles. The van der Waals surface area contributed by atoms with E-state index in [0.717, 1.165) is 18.8 Å². The van der Waals surface area contributed by atoms with Crippen LogP contribution in [0, 0.1) is 0 Å². The largest absolute Gasteiger partial charge is 0.497 e. The minimum atomic E-state index is -0.207. The van der Waals surface area contributed by atoms with Crippen molar-refractivity contribution in [2.45, 2.75) is 6.42 Å². The van der Waals surface area contributed by atoms with Gasteiger partial charge in [0.2, 0.25) is 0 Å². The first-order chi connectivity index (χ1) is 12.7. The number of nitrogens with one attached hydrogen (secondary N) is 2. The molecule has 3 aromatic rings. The Morgan fingerprint density at radius 3 is 2.62 bits per heavy atom. The van der Waals surface area contributed by atoms with Crippen LogP contribution in [0.25, 0.3) is 0 Å². The lowest BCUT2D eigenvalue weighted by Crippen LogP contribution is -2.13. The summed E-state index contributed by atoms with van der Waals surface area (Å²) in [6.07, 6.45) is 2.49. The lowest BCUT2D eigenvalue weighted by Gasteiger charge is -2.08. The smallest absolute Gasteiger partial charge is 0.257 e. The molecule has 0 radical (unpaired) electrons. The Kier molecular flexibility index (Phi) is 5.83. The van der Waals surface area contributed by atoms with Crippen LogP contribution in [0.2, 0.25) is 0 Å². The third-order valence-corrected chi connectivity index (χ3v) is 3.92. The Morgan fingerprint density at radius 1 is 1.04 bits per heavy atom. The van der Waals surface area contributed by atoms with Gasteiger partial charge in [-0.3, -0.25) is 4.79 Å². The number of hydrogen-bond donors (Lipinski definition) is 2. The maximum absolute atomic E-state index is 12.3. The number of benzene rings is 2. The normalized spacial score (nSPS) is 10.2. The molecule has 0 spiro atoms. The number of hydrogen-bond acceptors (Lipinski definition) is 4. The molecule has 26 heavy (non-hydrogen) atoms. The number of ether oxygens (including phenoxy) is 1. The van der Waals surface area contributed by atoms with Crippen molar-refractivity contribution < 1.29 is 9.53 Å². The molecule has 0 aliphatic heterocycles. The van der Waals surface area contributed by atoms with E-state index in [9.17, 15) is 4.79 Å². The lowest BCUT2D eigenvalue weighted by atomic mass is 10.1. The van der Waals surface area contributed by atoms with Gasteiger partial charge in [-0.2, -0.15) is 0 Å². The summed E-state index contributed by atoms with van der Waals surface area (Å²) in [5.74, 6) is 1.24. The average molecular weight is 347 g/mol. The van der Waals surface area contributed by atoms with Crippen LogP contribution in [0.4, 0.5) is 11.5 Å². The van der Waals surface area contributed by atoms with Crippen LogP contribution in [0.5, 0.6) is 5.75 Å². The quantitative estimate of drug-likeness (QED) is 0.678. The van der Waals surface area contributed by atoms with Crippen molar-refractivity contribution in [2.24, 2.45) is 0 Å². The number of carbonyl (C=O) groups is 1. The number of rotatable bonds is 7. The van der Waals surface area contributed by atoms with Gasteiger partial charge in [0.25, 0.3) is 5.91 Å². The predicted molar refractivity (Wildman–Crippen MR) is 104 cm³/mol. The standard InChI is InChI=1S/C21H21N3O2/c1-26-19-9-5-8-18(14-19)24-21(25)17-10-11-20(23-15-17)22-13-12-16-6-3-2-4-7-16/h2-11,14-15H,12-13H2,1H3,(H,22,23)(H,24,25). The average Bonchev–Trinajstić information content (AvgIpc) is 2.69. The monoisotopic (exact) mass is 347 g/mol. The summed E-state index contributed by atoms with van der Waals surface area (Å²) in [6.45, 7) is 0.784. The van der Waals surface area contributed by atoms with Gasteiger partial charge in [0, 0.05) is 24.5 Å². The minimum absolute atomic E-state index is 0.207. The summed E-state index contributed by atoms with van der Waals surface area (Å²) in [4.78, 5) is 16.6. The van der Waals surface area contributed by atoms with Crippen LogP contribution in [0.3, 0.4) is 0 Å². The number of anilines is 2. The van der Waals surface area contributed by atoms with Crippen molar-refractivity contribution in [1.82, 2.24) is 4.98 Å². The van der Waals surface area contributed by atoms with E-state index in [1.165, 1.54) is 5.56 Å². The van der Waals surface area contributed by atoms with E-state index in [0.29, 0.717) is 17.0 Å². The van der Waals surface area contributed by atoms with E-state index >= 15 is 0 Å². The molecular weight excluding hydrogens is 326 g/mol. The molecule has 1 amide bonds. The third-order valence-electron chi connectivity index (χ3n) is 3.92. The van der Waals surface area contributed by atoms with E-state index in [1.807, 2.05) is 42.5 Å².